The molecule has 0 saturated heterocycles. The van der Waals surface area contributed by atoms with Gasteiger partial charge in [0.05, 0.1) is 0 Å². The summed E-state index contributed by atoms with van der Waals surface area (Å²) in [6.07, 6.45) is 0. The number of hydrogen-bond acceptors (Lipinski definition) is 2. The molecule has 0 spiro atoms. The zero-order valence-electron chi connectivity index (χ0n) is 10.9. The minimum absolute atomic E-state index is 0.231. The van der Waals surface area contributed by atoms with Crippen molar-refractivity contribution in [2.75, 3.05) is 11.9 Å². The van der Waals surface area contributed by atoms with Crippen LogP contribution in [-0.4, -0.2) is 12.0 Å². The summed E-state index contributed by atoms with van der Waals surface area (Å²) < 4.78 is 13.7. The summed E-state index contributed by atoms with van der Waals surface area (Å²) in [7, 11) is 1.86. The lowest BCUT2D eigenvalue weighted by atomic mass is 10.1. The van der Waals surface area contributed by atoms with E-state index in [2.05, 4.69) is 0 Å². The van der Waals surface area contributed by atoms with Gasteiger partial charge in [-0.25, -0.2) is 4.39 Å². The third-order valence-corrected chi connectivity index (χ3v) is 3.46. The number of hydrogen-bond donors (Lipinski definition) is 1. The van der Waals surface area contributed by atoms with E-state index in [-0.39, 0.29) is 10.8 Å². The van der Waals surface area contributed by atoms with Gasteiger partial charge in [0.15, 0.2) is 0 Å². The standard InChI is InChI=1S/C15H14ClFN2S/c1-19(9-10-4-2-3-5-13(10)17)14-7-6-11(16)8-12(14)15(18)20/h2-8H,9H2,1H3,(H2,18,20). The number of benzene rings is 2. The lowest BCUT2D eigenvalue weighted by molar-refractivity contribution is 0.608. The van der Waals surface area contributed by atoms with Crippen molar-refractivity contribution in [1.29, 1.82) is 0 Å². The van der Waals surface area contributed by atoms with Crippen molar-refractivity contribution >= 4 is 34.5 Å². The molecule has 5 heteroatoms. The molecular weight excluding hydrogens is 295 g/mol. The van der Waals surface area contributed by atoms with E-state index in [9.17, 15) is 4.39 Å². The second-order valence-electron chi connectivity index (χ2n) is 4.47. The minimum atomic E-state index is -0.231. The Kier molecular flexibility index (Phi) is 4.57. The summed E-state index contributed by atoms with van der Waals surface area (Å²) in [5.41, 5.74) is 7.84. The Bertz CT molecular complexity index is 646. The lowest BCUT2D eigenvalue weighted by Gasteiger charge is -2.22. The molecule has 0 aliphatic carbocycles. The van der Waals surface area contributed by atoms with Gasteiger partial charge in [-0.15, -0.1) is 0 Å². The molecule has 0 aliphatic rings. The molecule has 2 N–H and O–H groups in total. The average Bonchev–Trinajstić information content (AvgIpc) is 2.41. The molecule has 104 valence electrons. The van der Waals surface area contributed by atoms with Crippen LogP contribution in [0.15, 0.2) is 42.5 Å². The Morgan fingerprint density at radius 1 is 1.30 bits per heavy atom. The topological polar surface area (TPSA) is 29.3 Å². The molecular formula is C15H14ClFN2S. The van der Waals surface area contributed by atoms with Crippen molar-refractivity contribution in [2.45, 2.75) is 6.54 Å². The van der Waals surface area contributed by atoms with Crippen molar-refractivity contribution in [3.63, 3.8) is 0 Å². The maximum Gasteiger partial charge on any atom is 0.128 e. The minimum Gasteiger partial charge on any atom is -0.389 e. The van der Waals surface area contributed by atoms with Crippen molar-refractivity contribution in [2.24, 2.45) is 5.73 Å². The third kappa shape index (κ3) is 3.26. The zero-order chi connectivity index (χ0) is 14.7. The van der Waals surface area contributed by atoms with E-state index in [0.29, 0.717) is 22.7 Å². The highest BCUT2D eigenvalue weighted by atomic mass is 35.5. The summed E-state index contributed by atoms with van der Waals surface area (Å²) in [4.78, 5) is 2.16. The van der Waals surface area contributed by atoms with E-state index in [1.165, 1.54) is 6.07 Å². The third-order valence-electron chi connectivity index (χ3n) is 3.00. The zero-order valence-corrected chi connectivity index (χ0v) is 12.5. The van der Waals surface area contributed by atoms with Gasteiger partial charge < -0.3 is 10.6 Å². The van der Waals surface area contributed by atoms with Crippen molar-refractivity contribution in [3.05, 3.63) is 64.4 Å². The highest BCUT2D eigenvalue weighted by Gasteiger charge is 2.12. The molecule has 0 heterocycles. The highest BCUT2D eigenvalue weighted by molar-refractivity contribution is 7.80. The van der Waals surface area contributed by atoms with Crippen LogP contribution in [0.3, 0.4) is 0 Å². The van der Waals surface area contributed by atoms with E-state index < -0.39 is 0 Å². The molecule has 2 aromatic carbocycles. The number of halogens is 2. The fourth-order valence-corrected chi connectivity index (χ4v) is 2.34. The van der Waals surface area contributed by atoms with Gasteiger partial charge in [-0.2, -0.15) is 0 Å². The Labute approximate surface area is 128 Å². The second-order valence-corrected chi connectivity index (χ2v) is 5.35. The van der Waals surface area contributed by atoms with Crippen LogP contribution in [0, 0.1) is 5.82 Å². The number of anilines is 1. The van der Waals surface area contributed by atoms with Crippen molar-refractivity contribution < 1.29 is 4.39 Å². The number of rotatable bonds is 4. The smallest absolute Gasteiger partial charge is 0.128 e. The number of nitrogens with two attached hydrogens (primary N) is 1. The van der Waals surface area contributed by atoms with Gasteiger partial charge in [-0.05, 0) is 24.3 Å². The van der Waals surface area contributed by atoms with Gasteiger partial charge in [0.1, 0.15) is 10.8 Å². The molecule has 20 heavy (non-hydrogen) atoms. The normalized spacial score (nSPS) is 10.3. The fourth-order valence-electron chi connectivity index (χ4n) is 2.01. The summed E-state index contributed by atoms with van der Waals surface area (Å²) in [5.74, 6) is -0.231. The Balaban J connectivity index is 2.32. The van der Waals surface area contributed by atoms with Crippen LogP contribution in [0.5, 0.6) is 0 Å². The maximum atomic E-state index is 13.7. The predicted octanol–water partition coefficient (Wildman–Crippen LogP) is 3.75. The summed E-state index contributed by atoms with van der Waals surface area (Å²) >= 11 is 11.0. The summed E-state index contributed by atoms with van der Waals surface area (Å²) in [6, 6.07) is 12.0. The van der Waals surface area contributed by atoms with Gasteiger partial charge in [0.25, 0.3) is 0 Å². The molecule has 0 fully saturated rings. The van der Waals surface area contributed by atoms with Crippen LogP contribution in [-0.2, 0) is 6.54 Å². The Morgan fingerprint density at radius 2 is 2.00 bits per heavy atom. The molecule has 0 amide bonds. The van der Waals surface area contributed by atoms with Crippen LogP contribution >= 0.6 is 23.8 Å². The van der Waals surface area contributed by atoms with E-state index in [4.69, 9.17) is 29.6 Å². The Morgan fingerprint density at radius 3 is 2.65 bits per heavy atom. The van der Waals surface area contributed by atoms with Crippen LogP contribution in [0.1, 0.15) is 11.1 Å². The van der Waals surface area contributed by atoms with Gasteiger partial charge in [0.2, 0.25) is 0 Å². The van der Waals surface area contributed by atoms with E-state index >= 15 is 0 Å². The molecule has 0 radical (unpaired) electrons. The molecule has 0 saturated carbocycles. The fraction of sp³-hybridized carbons (Fsp3) is 0.133. The first-order valence-corrected chi connectivity index (χ1v) is 6.81. The maximum absolute atomic E-state index is 13.7. The first-order chi connectivity index (χ1) is 9.49. The van der Waals surface area contributed by atoms with Crippen LogP contribution in [0.4, 0.5) is 10.1 Å². The number of nitrogens with zero attached hydrogens (tertiary/aromatic N) is 1. The summed E-state index contributed by atoms with van der Waals surface area (Å²) in [5, 5.41) is 0.566. The van der Waals surface area contributed by atoms with Gasteiger partial charge in [0, 0.05) is 35.4 Å². The molecule has 0 bridgehead atoms. The molecule has 2 nitrogen and oxygen atoms in total. The Hall–Kier alpha value is -1.65. The predicted molar refractivity (Wildman–Crippen MR) is 85.8 cm³/mol. The summed E-state index contributed by atoms with van der Waals surface area (Å²) in [6.45, 7) is 0.421. The first-order valence-electron chi connectivity index (χ1n) is 6.03. The van der Waals surface area contributed by atoms with E-state index in [0.717, 1.165) is 5.69 Å². The second kappa shape index (κ2) is 6.20. The van der Waals surface area contributed by atoms with E-state index in [1.807, 2.05) is 24.1 Å². The number of thiocarbonyl (C=S) groups is 1. The van der Waals surface area contributed by atoms with Gasteiger partial charge in [-0.1, -0.05) is 42.0 Å². The molecule has 0 unspecified atom stereocenters. The van der Waals surface area contributed by atoms with Crippen LogP contribution < -0.4 is 10.6 Å². The lowest BCUT2D eigenvalue weighted by Crippen LogP contribution is -2.22. The van der Waals surface area contributed by atoms with Gasteiger partial charge in [-0.3, -0.25) is 0 Å². The SMILES string of the molecule is CN(Cc1ccccc1F)c1ccc(Cl)cc1C(N)=S. The molecule has 0 aliphatic heterocycles. The van der Waals surface area contributed by atoms with E-state index in [1.54, 1.807) is 24.3 Å². The molecule has 0 atom stereocenters. The monoisotopic (exact) mass is 308 g/mol. The van der Waals surface area contributed by atoms with Gasteiger partial charge >= 0.3 is 0 Å². The molecule has 0 aromatic heterocycles. The van der Waals surface area contributed by atoms with Crippen molar-refractivity contribution in [1.82, 2.24) is 0 Å². The first kappa shape index (κ1) is 14.8. The van der Waals surface area contributed by atoms with Crippen molar-refractivity contribution in [3.8, 4) is 0 Å². The highest BCUT2D eigenvalue weighted by Crippen LogP contribution is 2.25. The molecule has 2 aromatic rings. The molecule has 2 rings (SSSR count). The van der Waals surface area contributed by atoms with Crippen LogP contribution in [0.25, 0.3) is 0 Å². The quantitative estimate of drug-likeness (QED) is 0.872. The van der Waals surface area contributed by atoms with Crippen LogP contribution in [0.2, 0.25) is 5.02 Å². The average molecular weight is 309 g/mol. The largest absolute Gasteiger partial charge is 0.389 e.